The number of anilines is 1. The summed E-state index contributed by atoms with van der Waals surface area (Å²) in [6, 6.07) is 8.24. The van der Waals surface area contributed by atoms with E-state index in [0.29, 0.717) is 29.1 Å². The number of furan rings is 1. The van der Waals surface area contributed by atoms with Gasteiger partial charge in [-0.2, -0.15) is 0 Å². The Bertz CT molecular complexity index is 1020. The van der Waals surface area contributed by atoms with E-state index >= 15 is 0 Å². The van der Waals surface area contributed by atoms with Gasteiger partial charge in [-0.05, 0) is 50.1 Å². The number of amides is 2. The first-order chi connectivity index (χ1) is 13.0. The predicted molar refractivity (Wildman–Crippen MR) is 103 cm³/mol. The van der Waals surface area contributed by atoms with Crippen LogP contribution in [-0.4, -0.2) is 29.4 Å². The van der Waals surface area contributed by atoms with Crippen LogP contribution in [0.1, 0.15) is 29.0 Å². The molecule has 1 aromatic carbocycles. The van der Waals surface area contributed by atoms with Crippen LogP contribution in [0, 0.1) is 6.92 Å². The zero-order chi connectivity index (χ0) is 19.0. The predicted octanol–water partition coefficient (Wildman–Crippen LogP) is 3.72. The summed E-state index contributed by atoms with van der Waals surface area (Å²) >= 11 is 6.03. The van der Waals surface area contributed by atoms with Gasteiger partial charge in [0, 0.05) is 28.7 Å². The molecule has 3 heterocycles. The molecule has 27 heavy (non-hydrogen) atoms. The van der Waals surface area contributed by atoms with Crippen LogP contribution >= 0.6 is 11.6 Å². The van der Waals surface area contributed by atoms with Crippen molar-refractivity contribution in [2.75, 3.05) is 11.4 Å². The molecule has 1 N–H and O–H groups in total. The lowest BCUT2D eigenvalue weighted by Gasteiger charge is -2.32. The second-order valence-electron chi connectivity index (χ2n) is 6.57. The van der Waals surface area contributed by atoms with Gasteiger partial charge in [-0.15, -0.1) is 0 Å². The minimum atomic E-state index is -0.595. The number of aromatic nitrogens is 1. The highest BCUT2D eigenvalue weighted by atomic mass is 35.5. The molecular weight excluding hydrogens is 366 g/mol. The van der Waals surface area contributed by atoms with Gasteiger partial charge in [-0.1, -0.05) is 11.6 Å². The number of hydrogen-bond acceptors (Lipinski definition) is 4. The summed E-state index contributed by atoms with van der Waals surface area (Å²) < 4.78 is 5.70. The maximum atomic E-state index is 12.8. The zero-order valence-corrected chi connectivity index (χ0v) is 15.5. The van der Waals surface area contributed by atoms with Crippen molar-refractivity contribution in [1.82, 2.24) is 10.3 Å². The van der Waals surface area contributed by atoms with Gasteiger partial charge < -0.3 is 14.6 Å². The molecule has 1 saturated heterocycles. The number of rotatable bonds is 3. The monoisotopic (exact) mass is 383 g/mol. The van der Waals surface area contributed by atoms with Crippen molar-refractivity contribution >= 4 is 40.1 Å². The summed E-state index contributed by atoms with van der Waals surface area (Å²) in [7, 11) is 0. The van der Waals surface area contributed by atoms with Crippen LogP contribution in [0.4, 0.5) is 5.69 Å². The number of aryl methyl sites for hydroxylation is 1. The molecule has 2 aromatic heterocycles. The van der Waals surface area contributed by atoms with Crippen LogP contribution in [0.25, 0.3) is 11.0 Å². The summed E-state index contributed by atoms with van der Waals surface area (Å²) in [5.74, 6) is -0.329. The van der Waals surface area contributed by atoms with Crippen molar-refractivity contribution < 1.29 is 14.0 Å². The summed E-state index contributed by atoms with van der Waals surface area (Å²) in [6.07, 6.45) is 4.69. The second-order valence-corrected chi connectivity index (χ2v) is 7.00. The third-order valence-electron chi connectivity index (χ3n) is 4.81. The molecule has 0 aliphatic carbocycles. The molecule has 1 atom stereocenters. The van der Waals surface area contributed by atoms with Crippen molar-refractivity contribution in [1.29, 1.82) is 0 Å². The van der Waals surface area contributed by atoms with Crippen molar-refractivity contribution in [3.63, 3.8) is 0 Å². The van der Waals surface area contributed by atoms with Crippen molar-refractivity contribution in [2.24, 2.45) is 0 Å². The average Bonchev–Trinajstić information content (AvgIpc) is 3.00. The minimum Gasteiger partial charge on any atom is -0.451 e. The number of piperidine rings is 1. The van der Waals surface area contributed by atoms with Gasteiger partial charge in [0.15, 0.2) is 5.76 Å². The van der Waals surface area contributed by atoms with Crippen LogP contribution in [0.3, 0.4) is 0 Å². The lowest BCUT2D eigenvalue weighted by molar-refractivity contribution is -0.121. The van der Waals surface area contributed by atoms with Gasteiger partial charge >= 0.3 is 0 Å². The van der Waals surface area contributed by atoms with Crippen LogP contribution in [-0.2, 0) is 4.79 Å². The van der Waals surface area contributed by atoms with E-state index in [1.807, 2.05) is 13.0 Å². The molecule has 6 nitrogen and oxygen atoms in total. The summed E-state index contributed by atoms with van der Waals surface area (Å²) in [5.41, 5.74) is 2.03. The normalized spacial score (nSPS) is 17.3. The molecule has 4 rings (SSSR count). The van der Waals surface area contributed by atoms with Crippen molar-refractivity contribution in [3.05, 3.63) is 59.1 Å². The lowest BCUT2D eigenvalue weighted by atomic mass is 10.0. The Labute approximate surface area is 161 Å². The van der Waals surface area contributed by atoms with E-state index in [2.05, 4.69) is 10.3 Å². The first-order valence-corrected chi connectivity index (χ1v) is 9.13. The summed E-state index contributed by atoms with van der Waals surface area (Å²) in [5, 5.41) is 4.19. The van der Waals surface area contributed by atoms with Gasteiger partial charge in [0.1, 0.15) is 11.6 Å². The smallest absolute Gasteiger partial charge is 0.287 e. The number of nitrogens with zero attached hydrogens (tertiary/aromatic N) is 2. The fourth-order valence-electron chi connectivity index (χ4n) is 3.41. The fraction of sp³-hybridized carbons (Fsp3) is 0.250. The SMILES string of the molecule is Cc1c(C(=O)NC2CCCN(c3cccnc3)C2=O)oc2ccc(Cl)cc12. The third-order valence-corrected chi connectivity index (χ3v) is 5.04. The molecule has 0 radical (unpaired) electrons. The van der Waals surface area contributed by atoms with E-state index in [4.69, 9.17) is 16.0 Å². The fourth-order valence-corrected chi connectivity index (χ4v) is 3.58. The molecule has 0 spiro atoms. The maximum Gasteiger partial charge on any atom is 0.287 e. The molecule has 1 aliphatic heterocycles. The van der Waals surface area contributed by atoms with E-state index in [-0.39, 0.29) is 11.7 Å². The van der Waals surface area contributed by atoms with E-state index < -0.39 is 11.9 Å². The van der Waals surface area contributed by atoms with Crippen LogP contribution in [0.15, 0.2) is 47.1 Å². The van der Waals surface area contributed by atoms with E-state index in [9.17, 15) is 9.59 Å². The largest absolute Gasteiger partial charge is 0.451 e. The average molecular weight is 384 g/mol. The molecule has 3 aromatic rings. The standard InChI is InChI=1S/C20H18ClN3O3/c1-12-15-10-13(21)6-7-17(15)27-18(12)19(25)23-16-5-3-9-24(20(16)26)14-4-2-8-22-11-14/h2,4,6-8,10-11,16H,3,5,9H2,1H3,(H,23,25). The molecule has 1 aliphatic rings. The van der Waals surface area contributed by atoms with E-state index in [0.717, 1.165) is 17.5 Å². The molecule has 1 fully saturated rings. The lowest BCUT2D eigenvalue weighted by Crippen LogP contribution is -2.52. The van der Waals surface area contributed by atoms with Gasteiger partial charge in [-0.3, -0.25) is 14.6 Å². The number of nitrogens with one attached hydrogen (secondary N) is 1. The first kappa shape index (κ1) is 17.5. The summed E-state index contributed by atoms with van der Waals surface area (Å²) in [4.78, 5) is 31.3. The molecule has 0 bridgehead atoms. The van der Waals surface area contributed by atoms with Gasteiger partial charge in [0.05, 0.1) is 11.9 Å². The first-order valence-electron chi connectivity index (χ1n) is 8.75. The number of pyridine rings is 1. The number of benzene rings is 1. The van der Waals surface area contributed by atoms with Crippen LogP contribution in [0.5, 0.6) is 0 Å². The Hall–Kier alpha value is -2.86. The Morgan fingerprint density at radius 1 is 1.37 bits per heavy atom. The number of halogens is 1. The molecule has 0 saturated carbocycles. The topological polar surface area (TPSA) is 75.4 Å². The number of carbonyl (C=O) groups excluding carboxylic acids is 2. The quantitative estimate of drug-likeness (QED) is 0.748. The highest BCUT2D eigenvalue weighted by Gasteiger charge is 2.32. The molecule has 1 unspecified atom stereocenters. The van der Waals surface area contributed by atoms with Crippen LogP contribution < -0.4 is 10.2 Å². The Kier molecular flexibility index (Phi) is 4.58. The summed E-state index contributed by atoms with van der Waals surface area (Å²) in [6.45, 7) is 2.42. The Balaban J connectivity index is 1.56. The minimum absolute atomic E-state index is 0.139. The zero-order valence-electron chi connectivity index (χ0n) is 14.7. The van der Waals surface area contributed by atoms with E-state index in [1.165, 1.54) is 0 Å². The molecular formula is C20H18ClN3O3. The highest BCUT2D eigenvalue weighted by Crippen LogP contribution is 2.28. The van der Waals surface area contributed by atoms with Gasteiger partial charge in [-0.25, -0.2) is 0 Å². The number of hydrogen-bond donors (Lipinski definition) is 1. The van der Waals surface area contributed by atoms with Crippen molar-refractivity contribution in [2.45, 2.75) is 25.8 Å². The van der Waals surface area contributed by atoms with Gasteiger partial charge in [0.2, 0.25) is 5.91 Å². The van der Waals surface area contributed by atoms with E-state index in [1.54, 1.807) is 41.6 Å². The second kappa shape index (κ2) is 7.04. The third kappa shape index (κ3) is 3.28. The Morgan fingerprint density at radius 2 is 2.22 bits per heavy atom. The van der Waals surface area contributed by atoms with Gasteiger partial charge in [0.25, 0.3) is 5.91 Å². The highest BCUT2D eigenvalue weighted by molar-refractivity contribution is 6.31. The molecule has 7 heteroatoms. The van der Waals surface area contributed by atoms with Crippen molar-refractivity contribution in [3.8, 4) is 0 Å². The molecule has 138 valence electrons. The number of fused-ring (bicyclic) bond motifs is 1. The molecule has 2 amide bonds. The number of carbonyl (C=O) groups is 2. The maximum absolute atomic E-state index is 12.8. The van der Waals surface area contributed by atoms with Crippen LogP contribution in [0.2, 0.25) is 5.02 Å². The Morgan fingerprint density at radius 3 is 3.00 bits per heavy atom.